The number of carbonyl (C=O) groups excluding carboxylic acids is 3. The molecule has 1 amide bonds. The van der Waals surface area contributed by atoms with E-state index in [0.717, 1.165) is 17.3 Å². The fraction of sp³-hybridized carbons (Fsp3) is 0.375. The van der Waals surface area contributed by atoms with E-state index in [9.17, 15) is 28.9 Å². The van der Waals surface area contributed by atoms with Crippen molar-refractivity contribution in [3.63, 3.8) is 0 Å². The fourth-order valence-corrected chi connectivity index (χ4v) is 4.05. The number of esters is 1. The van der Waals surface area contributed by atoms with E-state index in [0.29, 0.717) is 24.0 Å². The van der Waals surface area contributed by atoms with Crippen molar-refractivity contribution in [2.75, 3.05) is 19.0 Å². The van der Waals surface area contributed by atoms with Gasteiger partial charge in [-0.05, 0) is 30.0 Å². The number of hydrogen-bond acceptors (Lipinski definition) is 8. The Balaban J connectivity index is 1.91. The molecule has 0 bridgehead atoms. The van der Waals surface area contributed by atoms with Crippen LogP contribution in [0.1, 0.15) is 38.2 Å². The van der Waals surface area contributed by atoms with E-state index in [1.165, 1.54) is 13.0 Å². The van der Waals surface area contributed by atoms with Gasteiger partial charge in [-0.25, -0.2) is 9.18 Å². The first-order valence-electron chi connectivity index (χ1n) is 10.9. The lowest BCUT2D eigenvalue weighted by atomic mass is 9.98. The average molecular weight is 507 g/mol. The van der Waals surface area contributed by atoms with E-state index in [1.54, 1.807) is 31.2 Å². The topological polar surface area (TPSA) is 125 Å². The number of carbonyl (C=O) groups is 3. The molecule has 2 atom stereocenters. The van der Waals surface area contributed by atoms with E-state index in [2.05, 4.69) is 10.2 Å². The second kappa shape index (κ2) is 14.1. The highest BCUT2D eigenvalue weighted by Crippen LogP contribution is 2.28. The molecule has 2 aromatic rings. The summed E-state index contributed by atoms with van der Waals surface area (Å²) in [7, 11) is 0. The Morgan fingerprint density at radius 3 is 2.43 bits per heavy atom. The standard InChI is InChI=1S/C24H27FN2O7S/c1-16(19-10-11-20(21(25)14-19)18-8-4-3-5-9-18)24(30)35-15-22(26-17(2)28)23(29)33-12-6-7-13-34-27(31)32/h3-5,8-11,14,16,22H,6-7,12-13,15H2,1-2H3,(H,26,28)/t16?,22-/m1/s1. The number of halogens is 1. The van der Waals surface area contributed by atoms with Crippen LogP contribution in [-0.2, 0) is 24.0 Å². The number of nitrogens with one attached hydrogen (secondary N) is 1. The maximum Gasteiger partial charge on any atom is 0.329 e. The van der Waals surface area contributed by atoms with Crippen molar-refractivity contribution in [1.29, 1.82) is 0 Å². The number of unbranched alkanes of at least 4 members (excludes halogenated alkanes) is 1. The first-order chi connectivity index (χ1) is 16.7. The number of thioether (sulfide) groups is 1. The molecule has 0 saturated carbocycles. The molecule has 0 aliphatic carbocycles. The van der Waals surface area contributed by atoms with Crippen LogP contribution in [0.15, 0.2) is 48.5 Å². The first kappa shape index (κ1) is 27.8. The van der Waals surface area contributed by atoms with Crippen LogP contribution in [0.5, 0.6) is 0 Å². The molecule has 1 unspecified atom stereocenters. The molecule has 0 saturated heterocycles. The van der Waals surface area contributed by atoms with Crippen LogP contribution < -0.4 is 5.32 Å². The van der Waals surface area contributed by atoms with E-state index in [-0.39, 0.29) is 24.1 Å². The molecular formula is C24H27FN2O7S. The third-order valence-electron chi connectivity index (χ3n) is 4.97. The first-order valence-corrected chi connectivity index (χ1v) is 11.9. The highest BCUT2D eigenvalue weighted by atomic mass is 32.2. The van der Waals surface area contributed by atoms with Crippen molar-refractivity contribution in [3.05, 3.63) is 70.0 Å². The lowest BCUT2D eigenvalue weighted by Gasteiger charge is -2.17. The molecule has 188 valence electrons. The maximum atomic E-state index is 14.7. The van der Waals surface area contributed by atoms with Gasteiger partial charge in [-0.1, -0.05) is 61.2 Å². The predicted molar refractivity (Wildman–Crippen MR) is 128 cm³/mol. The summed E-state index contributed by atoms with van der Waals surface area (Å²) in [6.07, 6.45) is 0.642. The van der Waals surface area contributed by atoms with E-state index in [1.807, 2.05) is 18.2 Å². The minimum atomic E-state index is -1.05. The van der Waals surface area contributed by atoms with Crippen molar-refractivity contribution in [3.8, 4) is 11.1 Å². The van der Waals surface area contributed by atoms with Gasteiger partial charge in [-0.2, -0.15) is 0 Å². The van der Waals surface area contributed by atoms with E-state index >= 15 is 0 Å². The summed E-state index contributed by atoms with van der Waals surface area (Å²) in [4.78, 5) is 50.8. The van der Waals surface area contributed by atoms with Gasteiger partial charge in [0.2, 0.25) is 5.91 Å². The molecule has 0 aliphatic rings. The van der Waals surface area contributed by atoms with Crippen LogP contribution in [0.4, 0.5) is 4.39 Å². The molecule has 0 radical (unpaired) electrons. The van der Waals surface area contributed by atoms with Gasteiger partial charge in [0, 0.05) is 18.2 Å². The number of benzene rings is 2. The molecule has 2 aromatic carbocycles. The van der Waals surface area contributed by atoms with Crippen LogP contribution in [-0.4, -0.2) is 47.1 Å². The van der Waals surface area contributed by atoms with Gasteiger partial charge in [0.1, 0.15) is 11.9 Å². The number of amides is 1. The SMILES string of the molecule is CC(=O)N[C@H](CSC(=O)C(C)c1ccc(-c2ccccc2)c(F)c1)C(=O)OCCCCO[N+](=O)[O-]. The Hall–Kier alpha value is -3.47. The Kier molecular flexibility index (Phi) is 11.1. The van der Waals surface area contributed by atoms with Gasteiger partial charge in [0.25, 0.3) is 5.09 Å². The van der Waals surface area contributed by atoms with E-state index in [4.69, 9.17) is 4.74 Å². The van der Waals surface area contributed by atoms with Gasteiger partial charge < -0.3 is 14.9 Å². The van der Waals surface area contributed by atoms with Crippen LogP contribution in [0, 0.1) is 15.9 Å². The van der Waals surface area contributed by atoms with Crippen LogP contribution >= 0.6 is 11.8 Å². The molecule has 0 aliphatic heterocycles. The average Bonchev–Trinajstić information content (AvgIpc) is 2.83. The smallest absolute Gasteiger partial charge is 0.329 e. The van der Waals surface area contributed by atoms with Crippen molar-refractivity contribution >= 4 is 28.8 Å². The zero-order valence-electron chi connectivity index (χ0n) is 19.4. The Labute approximate surface area is 206 Å². The van der Waals surface area contributed by atoms with Crippen LogP contribution in [0.25, 0.3) is 11.1 Å². The largest absolute Gasteiger partial charge is 0.464 e. The minimum Gasteiger partial charge on any atom is -0.464 e. The molecule has 0 spiro atoms. The number of hydrogen-bond donors (Lipinski definition) is 1. The minimum absolute atomic E-state index is 0.0158. The van der Waals surface area contributed by atoms with Gasteiger partial charge in [-0.3, -0.25) is 9.59 Å². The van der Waals surface area contributed by atoms with Gasteiger partial charge >= 0.3 is 5.97 Å². The molecule has 0 aromatic heterocycles. The predicted octanol–water partition coefficient (Wildman–Crippen LogP) is 3.89. The summed E-state index contributed by atoms with van der Waals surface area (Å²) < 4.78 is 19.8. The molecule has 0 fully saturated rings. The zero-order valence-corrected chi connectivity index (χ0v) is 20.2. The van der Waals surface area contributed by atoms with Gasteiger partial charge in [-0.15, -0.1) is 10.1 Å². The number of nitrogens with zero attached hydrogens (tertiary/aromatic N) is 1. The monoisotopic (exact) mass is 506 g/mol. The Morgan fingerprint density at radius 1 is 1.11 bits per heavy atom. The van der Waals surface area contributed by atoms with Crippen molar-refractivity contribution < 1.29 is 33.4 Å². The molecule has 11 heteroatoms. The second-order valence-corrected chi connectivity index (χ2v) is 8.67. The fourth-order valence-electron chi connectivity index (χ4n) is 3.11. The molecule has 0 heterocycles. The lowest BCUT2D eigenvalue weighted by molar-refractivity contribution is -0.757. The molecule has 35 heavy (non-hydrogen) atoms. The van der Waals surface area contributed by atoms with Crippen molar-refractivity contribution in [1.82, 2.24) is 5.32 Å². The Morgan fingerprint density at radius 2 is 1.80 bits per heavy atom. The highest BCUT2D eigenvalue weighted by molar-refractivity contribution is 8.13. The third-order valence-corrected chi connectivity index (χ3v) is 6.10. The zero-order chi connectivity index (χ0) is 25.8. The summed E-state index contributed by atoms with van der Waals surface area (Å²) in [6, 6.07) is 12.6. The van der Waals surface area contributed by atoms with Crippen molar-refractivity contribution in [2.45, 2.75) is 38.6 Å². The quantitative estimate of drug-likeness (QED) is 0.188. The molecular weight excluding hydrogens is 479 g/mol. The normalized spacial score (nSPS) is 12.3. The van der Waals surface area contributed by atoms with Crippen LogP contribution in [0.3, 0.4) is 0 Å². The number of rotatable bonds is 13. The second-order valence-electron chi connectivity index (χ2n) is 7.64. The number of ether oxygens (including phenoxy) is 1. The van der Waals surface area contributed by atoms with Crippen LogP contribution in [0.2, 0.25) is 0 Å². The molecule has 2 rings (SSSR count). The molecule has 1 N–H and O–H groups in total. The summed E-state index contributed by atoms with van der Waals surface area (Å²) in [6.45, 7) is 2.75. The highest BCUT2D eigenvalue weighted by Gasteiger charge is 2.25. The molecule has 9 nitrogen and oxygen atoms in total. The Bertz CT molecular complexity index is 1040. The van der Waals surface area contributed by atoms with Gasteiger partial charge in [0.05, 0.1) is 19.1 Å². The maximum absolute atomic E-state index is 14.7. The van der Waals surface area contributed by atoms with Crippen molar-refractivity contribution in [2.24, 2.45) is 0 Å². The third kappa shape index (κ3) is 9.36. The summed E-state index contributed by atoms with van der Waals surface area (Å²) in [5.41, 5.74) is 1.65. The van der Waals surface area contributed by atoms with E-state index < -0.39 is 34.7 Å². The summed E-state index contributed by atoms with van der Waals surface area (Å²) in [5.74, 6) is -2.33. The van der Waals surface area contributed by atoms with Gasteiger partial charge in [0.15, 0.2) is 5.12 Å². The summed E-state index contributed by atoms with van der Waals surface area (Å²) >= 11 is 0.843. The lowest BCUT2D eigenvalue weighted by Crippen LogP contribution is -2.43. The summed E-state index contributed by atoms with van der Waals surface area (Å²) in [5, 5.41) is 11.4.